The molecule has 0 atom stereocenters. The summed E-state index contributed by atoms with van der Waals surface area (Å²) >= 11 is 0. The van der Waals surface area contributed by atoms with Crippen LogP contribution in [0.5, 0.6) is 0 Å². The standard InChI is InChI=1S/C15H23N3/c1-12(2)18(13(3)4)10-9-17-15-8-6-5-7-14(15)11-16/h5-8,12-13,17H,9-10H2,1-4H3. The van der Waals surface area contributed by atoms with Gasteiger partial charge in [0.2, 0.25) is 0 Å². The van der Waals surface area contributed by atoms with Gasteiger partial charge in [-0.25, -0.2) is 0 Å². The smallest absolute Gasteiger partial charge is 0.101 e. The summed E-state index contributed by atoms with van der Waals surface area (Å²) in [7, 11) is 0. The van der Waals surface area contributed by atoms with Gasteiger partial charge in [0.05, 0.1) is 11.3 Å². The fourth-order valence-electron chi connectivity index (χ4n) is 2.17. The molecule has 0 unspecified atom stereocenters. The number of para-hydroxylation sites is 1. The summed E-state index contributed by atoms with van der Waals surface area (Å²) < 4.78 is 0. The van der Waals surface area contributed by atoms with Gasteiger partial charge in [-0.05, 0) is 39.8 Å². The zero-order valence-electron chi connectivity index (χ0n) is 11.8. The topological polar surface area (TPSA) is 39.1 Å². The number of nitrogens with zero attached hydrogens (tertiary/aromatic N) is 2. The molecule has 0 aliphatic rings. The van der Waals surface area contributed by atoms with E-state index in [-0.39, 0.29) is 0 Å². The molecule has 0 aromatic heterocycles. The van der Waals surface area contributed by atoms with Gasteiger partial charge in [0.1, 0.15) is 6.07 Å². The minimum atomic E-state index is 0.540. The van der Waals surface area contributed by atoms with Gasteiger partial charge < -0.3 is 5.32 Å². The van der Waals surface area contributed by atoms with Gasteiger partial charge in [-0.3, -0.25) is 4.90 Å². The lowest BCUT2D eigenvalue weighted by Crippen LogP contribution is -2.40. The van der Waals surface area contributed by atoms with E-state index in [0.717, 1.165) is 18.8 Å². The number of rotatable bonds is 6. The molecule has 0 heterocycles. The number of nitriles is 1. The molecule has 1 N–H and O–H groups in total. The Hall–Kier alpha value is -1.53. The highest BCUT2D eigenvalue weighted by atomic mass is 15.2. The molecule has 1 aromatic carbocycles. The molecular formula is C15H23N3. The van der Waals surface area contributed by atoms with Crippen LogP contribution in [0.2, 0.25) is 0 Å². The van der Waals surface area contributed by atoms with Crippen LogP contribution >= 0.6 is 0 Å². The number of anilines is 1. The lowest BCUT2D eigenvalue weighted by molar-refractivity contribution is 0.182. The fourth-order valence-corrected chi connectivity index (χ4v) is 2.17. The maximum atomic E-state index is 9.00. The lowest BCUT2D eigenvalue weighted by atomic mass is 10.2. The van der Waals surface area contributed by atoms with E-state index in [1.807, 2.05) is 24.3 Å². The minimum absolute atomic E-state index is 0.540. The summed E-state index contributed by atoms with van der Waals surface area (Å²) in [6.45, 7) is 10.7. The van der Waals surface area contributed by atoms with Crippen LogP contribution in [0, 0.1) is 11.3 Å². The molecule has 0 saturated heterocycles. The summed E-state index contributed by atoms with van der Waals surface area (Å²) in [5, 5.41) is 12.3. The summed E-state index contributed by atoms with van der Waals surface area (Å²) in [5.41, 5.74) is 1.63. The first-order valence-electron chi connectivity index (χ1n) is 6.55. The molecule has 98 valence electrons. The molecule has 0 radical (unpaired) electrons. The SMILES string of the molecule is CC(C)N(CCNc1ccccc1C#N)C(C)C. The van der Waals surface area contributed by atoms with E-state index in [2.05, 4.69) is 44.0 Å². The van der Waals surface area contributed by atoms with Gasteiger partial charge in [0.25, 0.3) is 0 Å². The van der Waals surface area contributed by atoms with Crippen molar-refractivity contribution in [3.8, 4) is 6.07 Å². The van der Waals surface area contributed by atoms with Crippen molar-refractivity contribution in [3.63, 3.8) is 0 Å². The Morgan fingerprint density at radius 2 is 1.78 bits per heavy atom. The Labute approximate surface area is 110 Å². The molecule has 0 amide bonds. The van der Waals surface area contributed by atoms with Crippen LogP contribution in [0.25, 0.3) is 0 Å². The predicted molar refractivity (Wildman–Crippen MR) is 76.6 cm³/mol. The Kier molecular flexibility index (Phi) is 5.67. The van der Waals surface area contributed by atoms with Crippen molar-refractivity contribution in [1.82, 2.24) is 4.90 Å². The van der Waals surface area contributed by atoms with Gasteiger partial charge in [0, 0.05) is 25.2 Å². The van der Waals surface area contributed by atoms with Gasteiger partial charge in [-0.15, -0.1) is 0 Å². The van der Waals surface area contributed by atoms with Gasteiger partial charge >= 0.3 is 0 Å². The average Bonchev–Trinajstić information content (AvgIpc) is 2.34. The van der Waals surface area contributed by atoms with Crippen LogP contribution in [-0.4, -0.2) is 30.1 Å². The van der Waals surface area contributed by atoms with Crippen molar-refractivity contribution < 1.29 is 0 Å². The second-order valence-electron chi connectivity index (χ2n) is 5.01. The molecule has 3 nitrogen and oxygen atoms in total. The number of nitrogens with one attached hydrogen (secondary N) is 1. The second-order valence-corrected chi connectivity index (χ2v) is 5.01. The van der Waals surface area contributed by atoms with E-state index in [0.29, 0.717) is 17.6 Å². The Morgan fingerprint density at radius 3 is 2.33 bits per heavy atom. The first kappa shape index (κ1) is 14.5. The summed E-state index contributed by atoms with van der Waals surface area (Å²) in [6.07, 6.45) is 0. The third kappa shape index (κ3) is 4.05. The molecule has 1 rings (SSSR count). The van der Waals surface area contributed by atoms with Crippen LogP contribution in [0.4, 0.5) is 5.69 Å². The fraction of sp³-hybridized carbons (Fsp3) is 0.533. The van der Waals surface area contributed by atoms with Crippen molar-refractivity contribution in [2.45, 2.75) is 39.8 Å². The normalized spacial score (nSPS) is 11.0. The van der Waals surface area contributed by atoms with Gasteiger partial charge in [-0.1, -0.05) is 12.1 Å². The highest BCUT2D eigenvalue weighted by Gasteiger charge is 2.12. The molecule has 0 spiro atoms. The van der Waals surface area contributed by atoms with Crippen molar-refractivity contribution in [1.29, 1.82) is 5.26 Å². The van der Waals surface area contributed by atoms with Crippen molar-refractivity contribution in [3.05, 3.63) is 29.8 Å². The number of benzene rings is 1. The zero-order chi connectivity index (χ0) is 13.5. The first-order chi connectivity index (χ1) is 8.56. The molecular weight excluding hydrogens is 222 g/mol. The summed E-state index contributed by atoms with van der Waals surface area (Å²) in [5.74, 6) is 0. The summed E-state index contributed by atoms with van der Waals surface area (Å²) in [4.78, 5) is 2.43. The molecule has 0 saturated carbocycles. The van der Waals surface area contributed by atoms with Gasteiger partial charge in [0.15, 0.2) is 0 Å². The molecule has 0 bridgehead atoms. The lowest BCUT2D eigenvalue weighted by Gasteiger charge is -2.30. The van der Waals surface area contributed by atoms with Crippen molar-refractivity contribution in [2.24, 2.45) is 0 Å². The van der Waals surface area contributed by atoms with E-state index >= 15 is 0 Å². The zero-order valence-corrected chi connectivity index (χ0v) is 11.8. The minimum Gasteiger partial charge on any atom is -0.383 e. The second kappa shape index (κ2) is 7.03. The average molecular weight is 245 g/mol. The maximum Gasteiger partial charge on any atom is 0.101 e. The van der Waals surface area contributed by atoms with Crippen LogP contribution in [0.3, 0.4) is 0 Å². The third-order valence-electron chi connectivity index (χ3n) is 3.06. The Morgan fingerprint density at radius 1 is 1.17 bits per heavy atom. The van der Waals surface area contributed by atoms with Crippen molar-refractivity contribution in [2.75, 3.05) is 18.4 Å². The van der Waals surface area contributed by atoms with Crippen LogP contribution in [0.15, 0.2) is 24.3 Å². The maximum absolute atomic E-state index is 9.00. The molecule has 1 aromatic rings. The number of hydrogen-bond donors (Lipinski definition) is 1. The number of hydrogen-bond acceptors (Lipinski definition) is 3. The molecule has 0 aliphatic heterocycles. The van der Waals surface area contributed by atoms with Crippen LogP contribution < -0.4 is 5.32 Å². The van der Waals surface area contributed by atoms with Gasteiger partial charge in [-0.2, -0.15) is 5.26 Å². The van der Waals surface area contributed by atoms with E-state index in [9.17, 15) is 0 Å². The van der Waals surface area contributed by atoms with Crippen LogP contribution in [-0.2, 0) is 0 Å². The Bertz CT molecular complexity index is 396. The molecule has 0 fully saturated rings. The highest BCUT2D eigenvalue weighted by Crippen LogP contribution is 2.13. The first-order valence-corrected chi connectivity index (χ1v) is 6.55. The monoisotopic (exact) mass is 245 g/mol. The largest absolute Gasteiger partial charge is 0.383 e. The predicted octanol–water partition coefficient (Wildman–Crippen LogP) is 3.09. The molecule has 3 heteroatoms. The summed E-state index contributed by atoms with van der Waals surface area (Å²) in [6, 6.07) is 10.9. The third-order valence-corrected chi connectivity index (χ3v) is 3.06. The van der Waals surface area contributed by atoms with E-state index in [1.165, 1.54) is 0 Å². The van der Waals surface area contributed by atoms with Crippen molar-refractivity contribution >= 4 is 5.69 Å². The molecule has 0 aliphatic carbocycles. The quantitative estimate of drug-likeness (QED) is 0.837. The highest BCUT2D eigenvalue weighted by molar-refractivity contribution is 5.57. The van der Waals surface area contributed by atoms with E-state index < -0.39 is 0 Å². The molecule has 18 heavy (non-hydrogen) atoms. The Balaban J connectivity index is 2.53. The van der Waals surface area contributed by atoms with E-state index in [1.54, 1.807) is 0 Å². The van der Waals surface area contributed by atoms with E-state index in [4.69, 9.17) is 5.26 Å². The van der Waals surface area contributed by atoms with Crippen LogP contribution in [0.1, 0.15) is 33.3 Å².